The summed E-state index contributed by atoms with van der Waals surface area (Å²) >= 11 is 0. The number of hydrogen-bond acceptors (Lipinski definition) is 3. The first kappa shape index (κ1) is 13.6. The summed E-state index contributed by atoms with van der Waals surface area (Å²) in [6, 6.07) is 10.2. The van der Waals surface area contributed by atoms with Gasteiger partial charge in [-0.1, -0.05) is 42.5 Å². The van der Waals surface area contributed by atoms with Crippen LogP contribution in [-0.4, -0.2) is 23.6 Å². The van der Waals surface area contributed by atoms with E-state index in [1.54, 1.807) is 0 Å². The summed E-state index contributed by atoms with van der Waals surface area (Å²) in [6.07, 6.45) is 8.11. The van der Waals surface area contributed by atoms with Crippen LogP contribution in [0.1, 0.15) is 18.4 Å². The van der Waals surface area contributed by atoms with Crippen LogP contribution >= 0.6 is 0 Å². The number of carbonyl (C=O) groups excluding carboxylic acids is 1. The molecule has 0 aromatic heterocycles. The van der Waals surface area contributed by atoms with Crippen LogP contribution in [0.5, 0.6) is 0 Å². The van der Waals surface area contributed by atoms with Gasteiger partial charge in [0, 0.05) is 24.1 Å². The van der Waals surface area contributed by atoms with Crippen LogP contribution in [0.25, 0.3) is 5.57 Å². The second-order valence-electron chi connectivity index (χ2n) is 6.24. The number of nitrogens with two attached hydrogens (primary N) is 1. The molecule has 1 aromatic rings. The second-order valence-corrected chi connectivity index (χ2v) is 6.24. The molecule has 4 nitrogen and oxygen atoms in total. The molecule has 112 valence electrons. The van der Waals surface area contributed by atoms with Crippen LogP contribution in [0.2, 0.25) is 0 Å². The van der Waals surface area contributed by atoms with Crippen molar-refractivity contribution in [3.63, 3.8) is 0 Å². The van der Waals surface area contributed by atoms with E-state index in [9.17, 15) is 4.79 Å². The monoisotopic (exact) mass is 294 g/mol. The molecule has 2 atom stereocenters. The van der Waals surface area contributed by atoms with Gasteiger partial charge in [0.05, 0.1) is 5.92 Å². The summed E-state index contributed by atoms with van der Waals surface area (Å²) in [6.45, 7) is 1.14. The highest BCUT2D eigenvalue weighted by molar-refractivity contribution is 5.78. The van der Waals surface area contributed by atoms with Crippen molar-refractivity contribution in [2.75, 3.05) is 13.1 Å². The summed E-state index contributed by atoms with van der Waals surface area (Å²) in [5, 5.41) is 3.25. The van der Waals surface area contributed by atoms with Crippen molar-refractivity contribution in [1.29, 1.82) is 0 Å². The van der Waals surface area contributed by atoms with Gasteiger partial charge in [-0.25, -0.2) is 4.79 Å². The third-order valence-corrected chi connectivity index (χ3v) is 4.82. The van der Waals surface area contributed by atoms with Crippen LogP contribution in [0.4, 0.5) is 0 Å². The van der Waals surface area contributed by atoms with Crippen molar-refractivity contribution in [3.8, 4) is 0 Å². The van der Waals surface area contributed by atoms with Gasteiger partial charge in [-0.15, -0.1) is 4.59 Å². The first-order chi connectivity index (χ1) is 10.7. The van der Waals surface area contributed by atoms with Crippen molar-refractivity contribution in [1.82, 2.24) is 5.32 Å². The normalized spacial score (nSPS) is 30.7. The fourth-order valence-corrected chi connectivity index (χ4v) is 3.79. The first-order valence-electron chi connectivity index (χ1n) is 7.77. The average molecular weight is 294 g/mol. The predicted octanol–water partition coefficient (Wildman–Crippen LogP) is 2.08. The minimum atomic E-state index is -0.165. The molecule has 3 N–H and O–H groups in total. The van der Waals surface area contributed by atoms with Crippen molar-refractivity contribution in [2.45, 2.75) is 12.8 Å². The Labute approximate surface area is 130 Å². The summed E-state index contributed by atoms with van der Waals surface area (Å²) in [5.74, 6) is 6.93. The molecular formula is C18H20N3O+. The molecule has 4 rings (SSSR count). The summed E-state index contributed by atoms with van der Waals surface area (Å²) < 4.78 is -0.165. The Hall–Kier alpha value is -2.01. The Balaban J connectivity index is 1.87. The molecule has 0 bridgehead atoms. The van der Waals surface area contributed by atoms with Crippen LogP contribution < -0.4 is 11.2 Å². The van der Waals surface area contributed by atoms with Crippen LogP contribution in [0.3, 0.4) is 0 Å². The molecule has 3 aliphatic rings. The SMILES string of the molecule is N[N+]12C=C(c3ccccc3)CC3=C1C(CC=C3)CNCC2=O. The van der Waals surface area contributed by atoms with E-state index in [0.29, 0.717) is 12.5 Å². The summed E-state index contributed by atoms with van der Waals surface area (Å²) in [7, 11) is 0. The zero-order chi connectivity index (χ0) is 15.2. The van der Waals surface area contributed by atoms with E-state index in [-0.39, 0.29) is 10.5 Å². The quantitative estimate of drug-likeness (QED) is 0.474. The molecule has 2 unspecified atom stereocenters. The van der Waals surface area contributed by atoms with Gasteiger partial charge in [-0.2, -0.15) is 5.84 Å². The van der Waals surface area contributed by atoms with Gasteiger partial charge in [0.2, 0.25) is 0 Å². The molecule has 1 aliphatic carbocycles. The molecule has 2 aliphatic heterocycles. The predicted molar refractivity (Wildman–Crippen MR) is 85.6 cm³/mol. The largest absolute Gasteiger partial charge is 0.355 e. The number of hydrogen-bond donors (Lipinski definition) is 2. The lowest BCUT2D eigenvalue weighted by Gasteiger charge is -2.36. The number of amides is 1. The van der Waals surface area contributed by atoms with Crippen LogP contribution in [-0.2, 0) is 4.79 Å². The van der Waals surface area contributed by atoms with Gasteiger partial charge in [0.15, 0.2) is 0 Å². The lowest BCUT2D eigenvalue weighted by Crippen LogP contribution is -2.57. The van der Waals surface area contributed by atoms with Crippen molar-refractivity contribution >= 4 is 11.5 Å². The van der Waals surface area contributed by atoms with Crippen molar-refractivity contribution in [3.05, 3.63) is 65.5 Å². The summed E-state index contributed by atoms with van der Waals surface area (Å²) in [5.41, 5.74) is 4.55. The molecule has 0 spiro atoms. The van der Waals surface area contributed by atoms with E-state index in [0.717, 1.165) is 36.2 Å². The van der Waals surface area contributed by atoms with E-state index < -0.39 is 0 Å². The fourth-order valence-electron chi connectivity index (χ4n) is 3.79. The minimum absolute atomic E-state index is 0.0124. The van der Waals surface area contributed by atoms with Gasteiger partial charge >= 0.3 is 5.91 Å². The van der Waals surface area contributed by atoms with E-state index in [1.165, 1.54) is 5.57 Å². The number of nitrogens with one attached hydrogen (secondary N) is 1. The number of quaternary nitrogens is 1. The molecule has 1 amide bonds. The maximum Gasteiger partial charge on any atom is 0.355 e. The molecule has 0 radical (unpaired) electrons. The van der Waals surface area contributed by atoms with Gasteiger partial charge < -0.3 is 5.32 Å². The van der Waals surface area contributed by atoms with E-state index in [2.05, 4.69) is 29.6 Å². The fraction of sp³-hybridized carbons (Fsp3) is 0.278. The lowest BCUT2D eigenvalue weighted by molar-refractivity contribution is -0.779. The van der Waals surface area contributed by atoms with Gasteiger partial charge in [-0.3, -0.25) is 0 Å². The third-order valence-electron chi connectivity index (χ3n) is 4.82. The lowest BCUT2D eigenvalue weighted by atomic mass is 9.84. The Kier molecular flexibility index (Phi) is 3.11. The maximum absolute atomic E-state index is 12.7. The minimum Gasteiger partial charge on any atom is -0.304 e. The van der Waals surface area contributed by atoms with Gasteiger partial charge in [-0.05, 0) is 12.0 Å². The van der Waals surface area contributed by atoms with Gasteiger partial charge in [0.25, 0.3) is 0 Å². The third kappa shape index (κ3) is 2.00. The highest BCUT2D eigenvalue weighted by atomic mass is 16.2. The van der Waals surface area contributed by atoms with Crippen molar-refractivity contribution in [2.24, 2.45) is 11.8 Å². The zero-order valence-electron chi connectivity index (χ0n) is 12.5. The first-order valence-corrected chi connectivity index (χ1v) is 7.77. The molecule has 1 saturated heterocycles. The molecule has 22 heavy (non-hydrogen) atoms. The molecule has 4 heteroatoms. The highest BCUT2D eigenvalue weighted by Crippen LogP contribution is 2.42. The van der Waals surface area contributed by atoms with E-state index in [4.69, 9.17) is 5.84 Å². The Morgan fingerprint density at radius 1 is 1.23 bits per heavy atom. The maximum atomic E-state index is 12.7. The topological polar surface area (TPSA) is 55.1 Å². The molecule has 0 saturated carbocycles. The van der Waals surface area contributed by atoms with E-state index >= 15 is 0 Å². The molecule has 2 heterocycles. The molecular weight excluding hydrogens is 274 g/mol. The number of nitrogens with zero attached hydrogens (tertiary/aromatic N) is 1. The Morgan fingerprint density at radius 3 is 2.86 bits per heavy atom. The zero-order valence-corrected chi connectivity index (χ0v) is 12.5. The number of allylic oxidation sites excluding steroid dienone is 4. The van der Waals surface area contributed by atoms with Crippen LogP contribution in [0, 0.1) is 5.92 Å². The van der Waals surface area contributed by atoms with Crippen LogP contribution in [0.15, 0.2) is 60.0 Å². The Morgan fingerprint density at radius 2 is 2.05 bits per heavy atom. The van der Waals surface area contributed by atoms with Gasteiger partial charge in [0.1, 0.15) is 18.4 Å². The number of benzene rings is 1. The second kappa shape index (κ2) is 5.02. The smallest absolute Gasteiger partial charge is 0.304 e. The van der Waals surface area contributed by atoms with E-state index in [1.807, 2.05) is 24.4 Å². The number of carbonyl (C=O) groups is 1. The average Bonchev–Trinajstić information content (AvgIpc) is 2.67. The standard InChI is InChI=1S/C18H20N3O/c19-21-12-16(13-5-2-1-3-6-13)9-14-7-4-8-15(18(14)21)10-20-11-17(21)22/h1-7,12,15,20H,8-11,19H2/q+1. The molecule has 1 aromatic carbocycles. The van der Waals surface area contributed by atoms with Crippen molar-refractivity contribution < 1.29 is 9.39 Å². The highest BCUT2D eigenvalue weighted by Gasteiger charge is 2.47. The Bertz CT molecular complexity index is 717. The number of rotatable bonds is 1. The molecule has 1 fully saturated rings. The summed E-state index contributed by atoms with van der Waals surface area (Å²) in [4.78, 5) is 12.7.